The molecule has 0 radical (unpaired) electrons. The third-order valence-electron chi connectivity index (χ3n) is 2.74. The van der Waals surface area contributed by atoms with Crippen molar-refractivity contribution in [1.82, 2.24) is 9.97 Å². The zero-order valence-electron chi connectivity index (χ0n) is 9.77. The number of hydrogen-bond acceptors (Lipinski definition) is 2. The normalized spacial score (nSPS) is 10.4. The van der Waals surface area contributed by atoms with Crippen LogP contribution in [0.2, 0.25) is 0 Å². The first-order chi connectivity index (χ1) is 7.83. The second-order valence-electron chi connectivity index (χ2n) is 3.87. The van der Waals surface area contributed by atoms with Gasteiger partial charge in [0.1, 0.15) is 0 Å². The quantitative estimate of drug-likeness (QED) is 0.780. The Morgan fingerprint density at radius 2 is 1.19 bits per heavy atom. The number of aromatic nitrogens is 2. The summed E-state index contributed by atoms with van der Waals surface area (Å²) < 4.78 is 0. The van der Waals surface area contributed by atoms with Gasteiger partial charge in [-0.1, -0.05) is 13.8 Å². The van der Waals surface area contributed by atoms with Gasteiger partial charge in [0.25, 0.3) is 0 Å². The standard InChI is InChI=1S/C14H16N2/c1-3-11-5-13(9-15-7-11)14-6-12(4-2)8-16-10-14/h5-10H,3-4H2,1-2H3. The van der Waals surface area contributed by atoms with Gasteiger partial charge in [0.2, 0.25) is 0 Å². The van der Waals surface area contributed by atoms with Crippen LogP contribution < -0.4 is 0 Å². The molecule has 2 rings (SSSR count). The molecule has 0 spiro atoms. The molecule has 0 aromatic carbocycles. The summed E-state index contributed by atoms with van der Waals surface area (Å²) in [7, 11) is 0. The van der Waals surface area contributed by atoms with Gasteiger partial charge in [0.05, 0.1) is 0 Å². The van der Waals surface area contributed by atoms with Crippen molar-refractivity contribution >= 4 is 0 Å². The van der Waals surface area contributed by atoms with E-state index in [-0.39, 0.29) is 0 Å². The highest BCUT2D eigenvalue weighted by molar-refractivity contribution is 5.62. The highest BCUT2D eigenvalue weighted by atomic mass is 14.6. The third-order valence-corrected chi connectivity index (χ3v) is 2.74. The monoisotopic (exact) mass is 212 g/mol. The number of hydrogen-bond donors (Lipinski definition) is 0. The molecule has 0 saturated heterocycles. The summed E-state index contributed by atoms with van der Waals surface area (Å²) >= 11 is 0. The van der Waals surface area contributed by atoms with E-state index in [9.17, 15) is 0 Å². The fourth-order valence-corrected chi connectivity index (χ4v) is 1.68. The van der Waals surface area contributed by atoms with E-state index in [4.69, 9.17) is 0 Å². The summed E-state index contributed by atoms with van der Waals surface area (Å²) in [5, 5.41) is 0. The molecule has 2 aromatic heterocycles. The van der Waals surface area contributed by atoms with Crippen LogP contribution in [-0.4, -0.2) is 9.97 Å². The molecule has 82 valence electrons. The first-order valence-electron chi connectivity index (χ1n) is 5.71. The maximum Gasteiger partial charge on any atom is 0.0347 e. The van der Waals surface area contributed by atoms with Crippen LogP contribution in [0.15, 0.2) is 36.9 Å². The number of aryl methyl sites for hydroxylation is 2. The molecular weight excluding hydrogens is 196 g/mol. The zero-order valence-corrected chi connectivity index (χ0v) is 9.77. The summed E-state index contributed by atoms with van der Waals surface area (Å²) in [5.74, 6) is 0. The van der Waals surface area contributed by atoms with Crippen LogP contribution in [0.5, 0.6) is 0 Å². The second-order valence-corrected chi connectivity index (χ2v) is 3.87. The van der Waals surface area contributed by atoms with Gasteiger partial charge in [-0.2, -0.15) is 0 Å². The van der Waals surface area contributed by atoms with Gasteiger partial charge in [0, 0.05) is 35.9 Å². The molecule has 0 saturated carbocycles. The van der Waals surface area contributed by atoms with Crippen LogP contribution in [-0.2, 0) is 12.8 Å². The Kier molecular flexibility index (Phi) is 3.30. The molecule has 0 fully saturated rings. The summed E-state index contributed by atoms with van der Waals surface area (Å²) in [5.41, 5.74) is 4.84. The second kappa shape index (κ2) is 4.88. The van der Waals surface area contributed by atoms with Crippen LogP contribution in [0.4, 0.5) is 0 Å². The van der Waals surface area contributed by atoms with E-state index in [0.717, 1.165) is 24.0 Å². The van der Waals surface area contributed by atoms with Gasteiger partial charge in [-0.3, -0.25) is 9.97 Å². The lowest BCUT2D eigenvalue weighted by molar-refractivity contribution is 1.09. The van der Waals surface area contributed by atoms with E-state index in [1.807, 2.05) is 24.8 Å². The van der Waals surface area contributed by atoms with Crippen LogP contribution in [0, 0.1) is 0 Å². The van der Waals surface area contributed by atoms with E-state index in [1.54, 1.807) is 0 Å². The molecule has 2 heteroatoms. The Morgan fingerprint density at radius 3 is 1.56 bits per heavy atom. The van der Waals surface area contributed by atoms with Crippen molar-refractivity contribution in [3.63, 3.8) is 0 Å². The predicted molar refractivity (Wildman–Crippen MR) is 66.2 cm³/mol. The molecule has 2 heterocycles. The van der Waals surface area contributed by atoms with E-state index in [2.05, 4.69) is 35.9 Å². The lowest BCUT2D eigenvalue weighted by Crippen LogP contribution is -1.88. The smallest absolute Gasteiger partial charge is 0.0347 e. The molecule has 0 bridgehead atoms. The van der Waals surface area contributed by atoms with Crippen molar-refractivity contribution in [3.05, 3.63) is 48.0 Å². The topological polar surface area (TPSA) is 25.8 Å². The van der Waals surface area contributed by atoms with Gasteiger partial charge in [-0.05, 0) is 36.1 Å². The first kappa shape index (κ1) is 10.8. The summed E-state index contributed by atoms with van der Waals surface area (Å²) in [6.07, 6.45) is 9.66. The fraction of sp³-hybridized carbons (Fsp3) is 0.286. The van der Waals surface area contributed by atoms with Crippen LogP contribution in [0.3, 0.4) is 0 Å². The summed E-state index contributed by atoms with van der Waals surface area (Å²) in [6.45, 7) is 4.28. The molecule has 0 aliphatic carbocycles. The minimum Gasteiger partial charge on any atom is -0.264 e. The Bertz CT molecular complexity index is 432. The zero-order chi connectivity index (χ0) is 11.4. The van der Waals surface area contributed by atoms with Crippen molar-refractivity contribution in [2.75, 3.05) is 0 Å². The molecule has 0 N–H and O–H groups in total. The van der Waals surface area contributed by atoms with Crippen LogP contribution in [0.1, 0.15) is 25.0 Å². The number of nitrogens with zero attached hydrogens (tertiary/aromatic N) is 2. The van der Waals surface area contributed by atoms with Crippen molar-refractivity contribution in [2.24, 2.45) is 0 Å². The Hall–Kier alpha value is -1.70. The Labute approximate surface area is 96.4 Å². The van der Waals surface area contributed by atoms with Crippen molar-refractivity contribution in [1.29, 1.82) is 0 Å². The van der Waals surface area contributed by atoms with E-state index in [1.165, 1.54) is 11.1 Å². The number of rotatable bonds is 3. The lowest BCUT2D eigenvalue weighted by atomic mass is 10.0. The van der Waals surface area contributed by atoms with Crippen molar-refractivity contribution in [3.8, 4) is 11.1 Å². The predicted octanol–water partition coefficient (Wildman–Crippen LogP) is 3.27. The maximum absolute atomic E-state index is 4.26. The molecule has 0 unspecified atom stereocenters. The SMILES string of the molecule is CCc1cncc(-c2cncc(CC)c2)c1. The van der Waals surface area contributed by atoms with Gasteiger partial charge in [-0.15, -0.1) is 0 Å². The molecule has 2 aromatic rings. The van der Waals surface area contributed by atoms with E-state index >= 15 is 0 Å². The molecular formula is C14H16N2. The molecule has 0 aliphatic heterocycles. The number of pyridine rings is 2. The van der Waals surface area contributed by atoms with E-state index < -0.39 is 0 Å². The van der Waals surface area contributed by atoms with Crippen LogP contribution in [0.25, 0.3) is 11.1 Å². The van der Waals surface area contributed by atoms with Gasteiger partial charge < -0.3 is 0 Å². The average molecular weight is 212 g/mol. The fourth-order valence-electron chi connectivity index (χ4n) is 1.68. The maximum atomic E-state index is 4.26. The highest BCUT2D eigenvalue weighted by Crippen LogP contribution is 2.19. The molecule has 0 amide bonds. The summed E-state index contributed by atoms with van der Waals surface area (Å²) in [4.78, 5) is 8.52. The molecule has 2 nitrogen and oxygen atoms in total. The Balaban J connectivity index is 2.41. The largest absolute Gasteiger partial charge is 0.264 e. The van der Waals surface area contributed by atoms with Crippen LogP contribution >= 0.6 is 0 Å². The molecule has 0 atom stereocenters. The highest BCUT2D eigenvalue weighted by Gasteiger charge is 2.00. The lowest BCUT2D eigenvalue weighted by Gasteiger charge is -2.04. The minimum absolute atomic E-state index is 1.02. The van der Waals surface area contributed by atoms with Crippen molar-refractivity contribution in [2.45, 2.75) is 26.7 Å². The van der Waals surface area contributed by atoms with Gasteiger partial charge in [0.15, 0.2) is 0 Å². The van der Waals surface area contributed by atoms with Gasteiger partial charge in [-0.25, -0.2) is 0 Å². The molecule has 0 aliphatic rings. The van der Waals surface area contributed by atoms with E-state index in [0.29, 0.717) is 0 Å². The first-order valence-corrected chi connectivity index (χ1v) is 5.71. The van der Waals surface area contributed by atoms with Gasteiger partial charge >= 0.3 is 0 Å². The third kappa shape index (κ3) is 2.27. The summed E-state index contributed by atoms with van der Waals surface area (Å²) in [6, 6.07) is 4.37. The minimum atomic E-state index is 1.02. The molecule has 16 heavy (non-hydrogen) atoms. The Morgan fingerprint density at radius 1 is 0.750 bits per heavy atom. The average Bonchev–Trinajstić information content (AvgIpc) is 2.39. The van der Waals surface area contributed by atoms with Crippen molar-refractivity contribution < 1.29 is 0 Å².